The summed E-state index contributed by atoms with van der Waals surface area (Å²) in [6, 6.07) is 0. The quantitative estimate of drug-likeness (QED) is 0.551. The van der Waals surface area contributed by atoms with Crippen LogP contribution in [0.1, 0.15) is 34.1 Å². The second kappa shape index (κ2) is 2.63. The first-order valence-electron chi connectivity index (χ1n) is 5.92. The summed E-state index contributed by atoms with van der Waals surface area (Å²) < 4.78 is 0. The van der Waals surface area contributed by atoms with Crippen molar-refractivity contribution < 1.29 is 4.79 Å². The lowest BCUT2D eigenvalue weighted by Gasteiger charge is -2.17. The molecule has 0 heterocycles. The van der Waals surface area contributed by atoms with Crippen LogP contribution >= 0.6 is 0 Å². The number of hydrogen-bond donors (Lipinski definition) is 0. The van der Waals surface area contributed by atoms with Gasteiger partial charge in [-0.15, -0.1) is 0 Å². The molecule has 0 aromatic heterocycles. The molecule has 0 radical (unpaired) electrons. The van der Waals surface area contributed by atoms with Crippen molar-refractivity contribution in [2.24, 2.45) is 23.7 Å². The number of allylic oxidation sites excluding steroid dienone is 4. The van der Waals surface area contributed by atoms with Gasteiger partial charge in [0.05, 0.1) is 0 Å². The van der Waals surface area contributed by atoms with E-state index in [2.05, 4.69) is 27.7 Å². The maximum absolute atomic E-state index is 12.2. The SMILES string of the molecule is CC(C)=C1[C@@H]2C(=O)[C@H]3C(=C(C)C)[C@@H]2C[C@@H]13. The van der Waals surface area contributed by atoms with E-state index in [1.807, 2.05) is 0 Å². The summed E-state index contributed by atoms with van der Waals surface area (Å²) in [5.74, 6) is 2.28. The van der Waals surface area contributed by atoms with Gasteiger partial charge in [-0.25, -0.2) is 0 Å². The van der Waals surface area contributed by atoms with E-state index >= 15 is 0 Å². The first-order chi connectivity index (χ1) is 7.04. The van der Waals surface area contributed by atoms with Gasteiger partial charge in [-0.2, -0.15) is 0 Å². The Morgan fingerprint density at radius 2 is 1.33 bits per heavy atom. The van der Waals surface area contributed by atoms with E-state index in [4.69, 9.17) is 0 Å². The fourth-order valence-electron chi connectivity index (χ4n) is 4.31. The van der Waals surface area contributed by atoms with Crippen LogP contribution in [0.25, 0.3) is 0 Å². The van der Waals surface area contributed by atoms with E-state index in [0.717, 1.165) is 0 Å². The minimum Gasteiger partial charge on any atom is -0.298 e. The number of carbonyl (C=O) groups is 1. The van der Waals surface area contributed by atoms with Crippen LogP contribution in [0, 0.1) is 23.7 Å². The molecule has 4 bridgehead atoms. The maximum Gasteiger partial charge on any atom is 0.148 e. The van der Waals surface area contributed by atoms with Gasteiger partial charge in [0.15, 0.2) is 0 Å². The van der Waals surface area contributed by atoms with Crippen molar-refractivity contribution in [3.05, 3.63) is 22.3 Å². The minimum atomic E-state index is 0.287. The third kappa shape index (κ3) is 0.878. The van der Waals surface area contributed by atoms with Crippen molar-refractivity contribution in [3.63, 3.8) is 0 Å². The molecule has 0 aliphatic heterocycles. The zero-order valence-corrected chi connectivity index (χ0v) is 9.92. The van der Waals surface area contributed by atoms with E-state index < -0.39 is 0 Å². The highest BCUT2D eigenvalue weighted by Crippen LogP contribution is 2.67. The number of hydrogen-bond acceptors (Lipinski definition) is 1. The van der Waals surface area contributed by atoms with Gasteiger partial charge < -0.3 is 0 Å². The van der Waals surface area contributed by atoms with E-state index in [1.165, 1.54) is 28.7 Å². The lowest BCUT2D eigenvalue weighted by atomic mass is 9.86. The molecular formula is C14H18O. The molecular weight excluding hydrogens is 184 g/mol. The van der Waals surface area contributed by atoms with E-state index in [0.29, 0.717) is 17.6 Å². The van der Waals surface area contributed by atoms with Crippen LogP contribution in [-0.4, -0.2) is 5.78 Å². The molecule has 4 fully saturated rings. The van der Waals surface area contributed by atoms with Gasteiger partial charge in [-0.1, -0.05) is 22.3 Å². The predicted molar refractivity (Wildman–Crippen MR) is 60.3 cm³/mol. The summed E-state index contributed by atoms with van der Waals surface area (Å²) in [5.41, 5.74) is 5.80. The van der Waals surface area contributed by atoms with E-state index in [1.54, 1.807) is 0 Å². The number of ketones is 1. The monoisotopic (exact) mass is 202 g/mol. The number of Topliss-reactive ketones (excluding diaryl/α,β-unsaturated/α-hetero) is 1. The number of carbonyl (C=O) groups excluding carboxylic acids is 1. The Morgan fingerprint density at radius 1 is 0.933 bits per heavy atom. The zero-order chi connectivity index (χ0) is 10.9. The average molecular weight is 202 g/mol. The van der Waals surface area contributed by atoms with Crippen LogP contribution in [0.2, 0.25) is 0 Å². The van der Waals surface area contributed by atoms with Gasteiger partial charge in [0.1, 0.15) is 5.78 Å². The fourth-order valence-corrected chi connectivity index (χ4v) is 4.31. The Labute approximate surface area is 91.2 Å². The third-order valence-corrected chi connectivity index (χ3v) is 4.55. The summed E-state index contributed by atoms with van der Waals surface area (Å²) in [4.78, 5) is 12.2. The van der Waals surface area contributed by atoms with Crippen molar-refractivity contribution in [1.29, 1.82) is 0 Å². The Morgan fingerprint density at radius 3 is 1.60 bits per heavy atom. The highest BCUT2D eigenvalue weighted by molar-refractivity contribution is 5.98. The molecule has 4 atom stereocenters. The Hall–Kier alpha value is -0.850. The predicted octanol–water partition coefficient (Wildman–Crippen LogP) is 3.12. The van der Waals surface area contributed by atoms with Crippen molar-refractivity contribution >= 4 is 5.78 Å². The lowest BCUT2D eigenvalue weighted by Crippen LogP contribution is -2.11. The molecule has 4 aliphatic carbocycles. The molecule has 0 unspecified atom stereocenters. The topological polar surface area (TPSA) is 17.1 Å². The second-order valence-corrected chi connectivity index (χ2v) is 5.72. The highest BCUT2D eigenvalue weighted by atomic mass is 16.1. The molecule has 0 spiro atoms. The van der Waals surface area contributed by atoms with Crippen LogP contribution < -0.4 is 0 Å². The van der Waals surface area contributed by atoms with Crippen molar-refractivity contribution in [2.45, 2.75) is 34.1 Å². The normalized spacial score (nSPS) is 40.9. The fraction of sp³-hybridized carbons (Fsp3) is 0.643. The zero-order valence-electron chi connectivity index (χ0n) is 9.92. The van der Waals surface area contributed by atoms with Gasteiger partial charge in [0.25, 0.3) is 0 Å². The lowest BCUT2D eigenvalue weighted by molar-refractivity contribution is -0.122. The molecule has 0 amide bonds. The van der Waals surface area contributed by atoms with Gasteiger partial charge in [-0.05, 0) is 46.0 Å². The molecule has 0 saturated heterocycles. The molecule has 1 nitrogen and oxygen atoms in total. The van der Waals surface area contributed by atoms with Crippen LogP contribution in [0.5, 0.6) is 0 Å². The van der Waals surface area contributed by atoms with Gasteiger partial charge in [0.2, 0.25) is 0 Å². The third-order valence-electron chi connectivity index (χ3n) is 4.55. The van der Waals surface area contributed by atoms with Gasteiger partial charge >= 0.3 is 0 Å². The smallest absolute Gasteiger partial charge is 0.148 e. The molecule has 1 heteroatoms. The molecule has 4 saturated carbocycles. The van der Waals surface area contributed by atoms with E-state index in [9.17, 15) is 4.79 Å². The maximum atomic E-state index is 12.2. The summed E-state index contributed by atoms with van der Waals surface area (Å²) >= 11 is 0. The number of rotatable bonds is 0. The van der Waals surface area contributed by atoms with Crippen molar-refractivity contribution in [2.75, 3.05) is 0 Å². The van der Waals surface area contributed by atoms with Crippen LogP contribution in [0.4, 0.5) is 0 Å². The molecule has 0 aromatic rings. The van der Waals surface area contributed by atoms with Crippen molar-refractivity contribution in [1.82, 2.24) is 0 Å². The van der Waals surface area contributed by atoms with Crippen molar-refractivity contribution in [3.8, 4) is 0 Å². The van der Waals surface area contributed by atoms with Gasteiger partial charge in [0, 0.05) is 11.8 Å². The van der Waals surface area contributed by atoms with Crippen LogP contribution in [-0.2, 0) is 4.79 Å². The average Bonchev–Trinajstić information content (AvgIpc) is 2.78. The Bertz CT molecular complexity index is 379. The summed E-state index contributed by atoms with van der Waals surface area (Å²) in [6.45, 7) is 8.67. The molecule has 15 heavy (non-hydrogen) atoms. The molecule has 80 valence electrons. The molecule has 0 N–H and O–H groups in total. The van der Waals surface area contributed by atoms with Crippen LogP contribution in [0.15, 0.2) is 22.3 Å². The standard InChI is InChI=1S/C14H18O/c1-6(2)10-8-5-9-11(7(3)4)13(8)14(15)12(9)10/h8-9,12-13H,5H2,1-4H3/t8-,9-,12+,13+/m0/s1. The first-order valence-corrected chi connectivity index (χ1v) is 5.92. The summed E-state index contributed by atoms with van der Waals surface area (Å²) in [6.07, 6.45) is 1.25. The van der Waals surface area contributed by atoms with E-state index in [-0.39, 0.29) is 11.8 Å². The summed E-state index contributed by atoms with van der Waals surface area (Å²) in [5, 5.41) is 0. The second-order valence-electron chi connectivity index (χ2n) is 5.72. The molecule has 4 rings (SSSR count). The minimum absolute atomic E-state index is 0.287. The molecule has 4 aliphatic rings. The van der Waals surface area contributed by atoms with Gasteiger partial charge in [-0.3, -0.25) is 4.79 Å². The Balaban J connectivity index is 2.17. The first kappa shape index (κ1) is 9.38. The highest BCUT2D eigenvalue weighted by Gasteiger charge is 2.65. The summed E-state index contributed by atoms with van der Waals surface area (Å²) in [7, 11) is 0. The van der Waals surface area contributed by atoms with Crippen LogP contribution in [0.3, 0.4) is 0 Å². The molecule has 0 aromatic carbocycles. The Kier molecular flexibility index (Phi) is 1.65. The largest absolute Gasteiger partial charge is 0.298 e.